The molecule has 0 aliphatic heterocycles. The Morgan fingerprint density at radius 3 is 3.17 bits per heavy atom. The Morgan fingerprint density at radius 2 is 2.39 bits per heavy atom. The van der Waals surface area contributed by atoms with Crippen LogP contribution in [0.5, 0.6) is 0 Å². The molecule has 0 radical (unpaired) electrons. The molecule has 0 unspecified atom stereocenters. The molecule has 0 spiro atoms. The van der Waals surface area contributed by atoms with Crippen molar-refractivity contribution in [2.75, 3.05) is 19.0 Å². The molecule has 0 bridgehead atoms. The molecule has 0 aliphatic rings. The van der Waals surface area contributed by atoms with Crippen LogP contribution in [0.25, 0.3) is 0 Å². The Morgan fingerprint density at radius 1 is 1.50 bits per heavy atom. The van der Waals surface area contributed by atoms with Gasteiger partial charge in [-0.3, -0.25) is 4.68 Å². The van der Waals surface area contributed by atoms with Gasteiger partial charge >= 0.3 is 0 Å². The molecule has 0 saturated carbocycles. The van der Waals surface area contributed by atoms with Crippen LogP contribution in [0.3, 0.4) is 0 Å². The lowest BCUT2D eigenvalue weighted by Crippen LogP contribution is -2.04. The van der Waals surface area contributed by atoms with Gasteiger partial charge in [0.15, 0.2) is 5.82 Å². The Labute approximate surface area is 104 Å². The van der Waals surface area contributed by atoms with Crippen molar-refractivity contribution in [2.24, 2.45) is 0 Å². The number of hydrogen-bond acceptors (Lipinski definition) is 6. The quantitative estimate of drug-likeness (QED) is 0.841. The van der Waals surface area contributed by atoms with Gasteiger partial charge in [0.05, 0.1) is 31.2 Å². The number of nitrogens with one attached hydrogen (secondary N) is 1. The van der Waals surface area contributed by atoms with Crippen LogP contribution in [-0.2, 0) is 11.3 Å². The van der Waals surface area contributed by atoms with E-state index < -0.39 is 0 Å². The molecule has 0 saturated heterocycles. The van der Waals surface area contributed by atoms with Gasteiger partial charge in [0.2, 0.25) is 0 Å². The van der Waals surface area contributed by atoms with Crippen LogP contribution in [0.1, 0.15) is 5.56 Å². The standard InChI is InChI=1S/C11H12N6O/c1-18-3-2-17-7-10(6-15-17)16-11-9(4-12)5-13-8-14-11/h5-8H,2-3H2,1H3,(H,13,14,16). The Hall–Kier alpha value is -2.46. The normalized spacial score (nSPS) is 10.0. The zero-order valence-corrected chi connectivity index (χ0v) is 9.87. The van der Waals surface area contributed by atoms with E-state index in [0.717, 1.165) is 5.69 Å². The summed E-state index contributed by atoms with van der Waals surface area (Å²) >= 11 is 0. The Kier molecular flexibility index (Phi) is 3.83. The van der Waals surface area contributed by atoms with Crippen molar-refractivity contribution in [1.29, 1.82) is 5.26 Å². The summed E-state index contributed by atoms with van der Waals surface area (Å²) in [6.07, 6.45) is 6.34. The van der Waals surface area contributed by atoms with Crippen molar-refractivity contribution >= 4 is 11.5 Å². The van der Waals surface area contributed by atoms with E-state index in [2.05, 4.69) is 20.4 Å². The van der Waals surface area contributed by atoms with E-state index in [1.807, 2.05) is 12.3 Å². The van der Waals surface area contributed by atoms with Gasteiger partial charge in [0.1, 0.15) is 18.0 Å². The van der Waals surface area contributed by atoms with Gasteiger partial charge in [-0.1, -0.05) is 0 Å². The van der Waals surface area contributed by atoms with Crippen molar-refractivity contribution in [3.63, 3.8) is 0 Å². The summed E-state index contributed by atoms with van der Waals surface area (Å²) in [7, 11) is 1.64. The molecule has 0 aromatic carbocycles. The molecule has 0 atom stereocenters. The van der Waals surface area contributed by atoms with Gasteiger partial charge in [-0.2, -0.15) is 10.4 Å². The summed E-state index contributed by atoms with van der Waals surface area (Å²) in [5.74, 6) is 0.471. The highest BCUT2D eigenvalue weighted by Crippen LogP contribution is 2.15. The molecule has 18 heavy (non-hydrogen) atoms. The van der Waals surface area contributed by atoms with E-state index in [4.69, 9.17) is 10.00 Å². The second-order valence-corrected chi connectivity index (χ2v) is 3.51. The van der Waals surface area contributed by atoms with E-state index in [1.165, 1.54) is 12.5 Å². The van der Waals surface area contributed by atoms with E-state index in [9.17, 15) is 0 Å². The number of ether oxygens (including phenoxy) is 1. The van der Waals surface area contributed by atoms with E-state index in [1.54, 1.807) is 18.0 Å². The molecular weight excluding hydrogens is 232 g/mol. The molecular formula is C11H12N6O. The van der Waals surface area contributed by atoms with Gasteiger partial charge < -0.3 is 10.1 Å². The van der Waals surface area contributed by atoms with Crippen LogP contribution in [-0.4, -0.2) is 33.5 Å². The summed E-state index contributed by atoms with van der Waals surface area (Å²) in [6.45, 7) is 1.27. The average Bonchev–Trinajstić information content (AvgIpc) is 2.84. The minimum Gasteiger partial charge on any atom is -0.383 e. The van der Waals surface area contributed by atoms with Gasteiger partial charge in [0.25, 0.3) is 0 Å². The topological polar surface area (TPSA) is 88.6 Å². The molecule has 7 nitrogen and oxygen atoms in total. The van der Waals surface area contributed by atoms with E-state index >= 15 is 0 Å². The van der Waals surface area contributed by atoms with Crippen molar-refractivity contribution in [3.05, 3.63) is 30.5 Å². The first kappa shape index (κ1) is 12.0. The zero-order chi connectivity index (χ0) is 12.8. The first-order valence-corrected chi connectivity index (χ1v) is 5.32. The summed E-state index contributed by atoms with van der Waals surface area (Å²) in [6, 6.07) is 2.02. The maximum absolute atomic E-state index is 8.91. The highest BCUT2D eigenvalue weighted by Gasteiger charge is 2.05. The minimum atomic E-state index is 0.391. The number of nitriles is 1. The fourth-order valence-corrected chi connectivity index (χ4v) is 1.38. The summed E-state index contributed by atoms with van der Waals surface area (Å²) < 4.78 is 6.71. The molecule has 92 valence electrons. The maximum atomic E-state index is 8.91. The highest BCUT2D eigenvalue weighted by molar-refractivity contribution is 5.60. The van der Waals surface area contributed by atoms with Crippen molar-refractivity contribution in [1.82, 2.24) is 19.7 Å². The lowest BCUT2D eigenvalue weighted by atomic mass is 10.3. The molecule has 7 heteroatoms. The summed E-state index contributed by atoms with van der Waals surface area (Å²) in [4.78, 5) is 7.80. The van der Waals surface area contributed by atoms with Crippen LogP contribution in [0.15, 0.2) is 24.9 Å². The van der Waals surface area contributed by atoms with Crippen LogP contribution >= 0.6 is 0 Å². The van der Waals surface area contributed by atoms with Gasteiger partial charge in [0, 0.05) is 13.3 Å². The van der Waals surface area contributed by atoms with Gasteiger partial charge in [-0.05, 0) is 0 Å². The molecule has 0 amide bonds. The molecule has 2 heterocycles. The number of aromatic nitrogens is 4. The summed E-state index contributed by atoms with van der Waals surface area (Å²) in [5, 5.41) is 16.1. The molecule has 0 fully saturated rings. The van der Waals surface area contributed by atoms with Crippen LogP contribution in [0, 0.1) is 11.3 Å². The zero-order valence-electron chi connectivity index (χ0n) is 9.87. The van der Waals surface area contributed by atoms with Crippen LogP contribution in [0.2, 0.25) is 0 Å². The highest BCUT2D eigenvalue weighted by atomic mass is 16.5. The number of methoxy groups -OCH3 is 1. The Bertz CT molecular complexity index is 559. The first-order chi connectivity index (χ1) is 8.83. The van der Waals surface area contributed by atoms with Crippen molar-refractivity contribution in [3.8, 4) is 6.07 Å². The first-order valence-electron chi connectivity index (χ1n) is 5.32. The van der Waals surface area contributed by atoms with Crippen molar-refractivity contribution in [2.45, 2.75) is 6.54 Å². The SMILES string of the molecule is COCCn1cc(Nc2ncncc2C#N)cn1. The predicted octanol–water partition coefficient (Wildman–Crippen LogP) is 0.935. The number of nitrogens with zero attached hydrogens (tertiary/aromatic N) is 5. The van der Waals surface area contributed by atoms with Gasteiger partial charge in [-0.15, -0.1) is 0 Å². The maximum Gasteiger partial charge on any atom is 0.151 e. The fraction of sp³-hybridized carbons (Fsp3) is 0.273. The van der Waals surface area contributed by atoms with Crippen molar-refractivity contribution < 1.29 is 4.74 Å². The second-order valence-electron chi connectivity index (χ2n) is 3.51. The fourth-order valence-electron chi connectivity index (χ4n) is 1.38. The molecule has 2 aromatic heterocycles. The average molecular weight is 244 g/mol. The van der Waals surface area contributed by atoms with E-state index in [0.29, 0.717) is 24.5 Å². The molecule has 2 rings (SSSR count). The third-order valence-electron chi connectivity index (χ3n) is 2.25. The Balaban J connectivity index is 2.09. The molecule has 2 aromatic rings. The summed E-state index contributed by atoms with van der Waals surface area (Å²) in [5.41, 5.74) is 1.16. The van der Waals surface area contributed by atoms with Crippen LogP contribution < -0.4 is 5.32 Å². The number of anilines is 2. The lowest BCUT2D eigenvalue weighted by molar-refractivity contribution is 0.183. The second kappa shape index (κ2) is 5.75. The monoisotopic (exact) mass is 244 g/mol. The lowest BCUT2D eigenvalue weighted by Gasteiger charge is -2.03. The van der Waals surface area contributed by atoms with Gasteiger partial charge in [-0.25, -0.2) is 9.97 Å². The number of hydrogen-bond donors (Lipinski definition) is 1. The smallest absolute Gasteiger partial charge is 0.151 e. The number of rotatable bonds is 5. The third kappa shape index (κ3) is 2.81. The largest absolute Gasteiger partial charge is 0.383 e. The molecule has 0 aliphatic carbocycles. The van der Waals surface area contributed by atoms with Crippen LogP contribution in [0.4, 0.5) is 11.5 Å². The van der Waals surface area contributed by atoms with E-state index in [-0.39, 0.29) is 0 Å². The third-order valence-corrected chi connectivity index (χ3v) is 2.25. The minimum absolute atomic E-state index is 0.391. The predicted molar refractivity (Wildman–Crippen MR) is 64.1 cm³/mol. The molecule has 1 N–H and O–H groups in total.